The van der Waals surface area contributed by atoms with E-state index < -0.39 is 6.10 Å². The van der Waals surface area contributed by atoms with Gasteiger partial charge in [0.05, 0.1) is 12.7 Å². The fourth-order valence-corrected chi connectivity index (χ4v) is 3.35. The van der Waals surface area contributed by atoms with Crippen LogP contribution in [0.4, 0.5) is 0 Å². The molecule has 0 fully saturated rings. The highest BCUT2D eigenvalue weighted by atomic mass is 35.5. The van der Waals surface area contributed by atoms with Crippen LogP contribution in [0, 0.1) is 0 Å². The Morgan fingerprint density at radius 2 is 2.14 bits per heavy atom. The van der Waals surface area contributed by atoms with Gasteiger partial charge in [-0.25, -0.2) is 0 Å². The molecule has 1 unspecified atom stereocenters. The van der Waals surface area contributed by atoms with Crippen molar-refractivity contribution in [3.8, 4) is 11.5 Å². The van der Waals surface area contributed by atoms with Gasteiger partial charge in [0.25, 0.3) is 0 Å². The van der Waals surface area contributed by atoms with Crippen LogP contribution in [0.25, 0.3) is 0 Å². The normalized spacial score (nSPS) is 16.8. The minimum Gasteiger partial charge on any atom is -0.496 e. The van der Waals surface area contributed by atoms with Gasteiger partial charge in [-0.1, -0.05) is 23.7 Å². The standard InChI is InChI=1S/C16H13ClO3S/c1-19-12-7-6-10(17)8-11(12)16(18)14-9-21-15-5-3-2-4-13(15)20-14/h2-8,14H,9H2,1H3. The van der Waals surface area contributed by atoms with Crippen LogP contribution in [-0.4, -0.2) is 24.7 Å². The van der Waals surface area contributed by atoms with E-state index in [9.17, 15) is 4.79 Å². The van der Waals surface area contributed by atoms with Crippen LogP contribution in [0.1, 0.15) is 10.4 Å². The summed E-state index contributed by atoms with van der Waals surface area (Å²) in [4.78, 5) is 13.7. The van der Waals surface area contributed by atoms with Crippen molar-refractivity contribution in [3.05, 3.63) is 53.1 Å². The van der Waals surface area contributed by atoms with Crippen LogP contribution in [0.3, 0.4) is 0 Å². The molecule has 1 atom stereocenters. The second-order valence-electron chi connectivity index (χ2n) is 4.57. The van der Waals surface area contributed by atoms with E-state index in [0.29, 0.717) is 22.1 Å². The summed E-state index contributed by atoms with van der Waals surface area (Å²) in [6.45, 7) is 0. The number of Topliss-reactive ketones (excluding diaryl/α,β-unsaturated/α-hetero) is 1. The Morgan fingerprint density at radius 1 is 1.33 bits per heavy atom. The number of benzene rings is 2. The van der Waals surface area contributed by atoms with Gasteiger partial charge in [-0.2, -0.15) is 0 Å². The summed E-state index contributed by atoms with van der Waals surface area (Å²) in [6, 6.07) is 12.7. The van der Waals surface area contributed by atoms with Gasteiger partial charge >= 0.3 is 0 Å². The summed E-state index contributed by atoms with van der Waals surface area (Å²) < 4.78 is 11.1. The summed E-state index contributed by atoms with van der Waals surface area (Å²) in [7, 11) is 1.53. The van der Waals surface area contributed by atoms with Crippen molar-refractivity contribution in [2.45, 2.75) is 11.0 Å². The maximum absolute atomic E-state index is 12.7. The zero-order chi connectivity index (χ0) is 14.8. The molecule has 0 amide bonds. The van der Waals surface area contributed by atoms with E-state index in [1.165, 1.54) is 7.11 Å². The molecule has 21 heavy (non-hydrogen) atoms. The molecule has 0 saturated heterocycles. The molecule has 0 bridgehead atoms. The van der Waals surface area contributed by atoms with Crippen molar-refractivity contribution >= 4 is 29.1 Å². The molecule has 0 spiro atoms. The lowest BCUT2D eigenvalue weighted by Crippen LogP contribution is -2.32. The second-order valence-corrected chi connectivity index (χ2v) is 6.07. The van der Waals surface area contributed by atoms with Crippen molar-refractivity contribution in [3.63, 3.8) is 0 Å². The third-order valence-corrected chi connectivity index (χ3v) is 4.58. The summed E-state index contributed by atoms with van der Waals surface area (Å²) in [5.74, 6) is 1.72. The fraction of sp³-hybridized carbons (Fsp3) is 0.188. The molecular formula is C16H13ClO3S. The first-order chi connectivity index (χ1) is 10.2. The Labute approximate surface area is 132 Å². The molecule has 108 valence electrons. The van der Waals surface area contributed by atoms with Crippen molar-refractivity contribution in [2.24, 2.45) is 0 Å². The molecule has 1 aliphatic heterocycles. The number of hydrogen-bond acceptors (Lipinski definition) is 4. The summed E-state index contributed by atoms with van der Waals surface area (Å²) in [6.07, 6.45) is -0.530. The van der Waals surface area contributed by atoms with Gasteiger partial charge in [0.2, 0.25) is 5.78 Å². The predicted molar refractivity (Wildman–Crippen MR) is 83.9 cm³/mol. The smallest absolute Gasteiger partial charge is 0.207 e. The van der Waals surface area contributed by atoms with Crippen LogP contribution >= 0.6 is 23.4 Å². The Hall–Kier alpha value is -1.65. The van der Waals surface area contributed by atoms with E-state index in [1.807, 2.05) is 24.3 Å². The van der Waals surface area contributed by atoms with Crippen molar-refractivity contribution in [1.29, 1.82) is 0 Å². The number of ether oxygens (including phenoxy) is 2. The van der Waals surface area contributed by atoms with Gasteiger partial charge in [-0.15, -0.1) is 11.8 Å². The van der Waals surface area contributed by atoms with Crippen LogP contribution in [0.5, 0.6) is 11.5 Å². The summed E-state index contributed by atoms with van der Waals surface area (Å²) in [5.41, 5.74) is 0.454. The van der Waals surface area contributed by atoms with Gasteiger partial charge in [-0.05, 0) is 30.3 Å². The summed E-state index contributed by atoms with van der Waals surface area (Å²) in [5, 5.41) is 0.503. The van der Waals surface area contributed by atoms with Crippen LogP contribution < -0.4 is 9.47 Å². The number of halogens is 1. The topological polar surface area (TPSA) is 35.5 Å². The third-order valence-electron chi connectivity index (χ3n) is 3.23. The Morgan fingerprint density at radius 3 is 2.95 bits per heavy atom. The van der Waals surface area contributed by atoms with Crippen molar-refractivity contribution in [2.75, 3.05) is 12.9 Å². The lowest BCUT2D eigenvalue weighted by Gasteiger charge is -2.25. The van der Waals surface area contributed by atoms with Crippen LogP contribution in [0.2, 0.25) is 5.02 Å². The molecule has 2 aromatic rings. The molecular weight excluding hydrogens is 308 g/mol. The van der Waals surface area contributed by atoms with E-state index in [1.54, 1.807) is 30.0 Å². The van der Waals surface area contributed by atoms with E-state index >= 15 is 0 Å². The maximum atomic E-state index is 12.7. The molecule has 1 heterocycles. The van der Waals surface area contributed by atoms with Gasteiger partial charge in [0, 0.05) is 15.7 Å². The molecule has 0 radical (unpaired) electrons. The number of fused-ring (bicyclic) bond motifs is 1. The molecule has 0 N–H and O–H groups in total. The number of methoxy groups -OCH3 is 1. The number of para-hydroxylation sites is 1. The average Bonchev–Trinajstić information content (AvgIpc) is 2.53. The Balaban J connectivity index is 1.89. The number of carbonyl (C=O) groups excluding carboxylic acids is 1. The lowest BCUT2D eigenvalue weighted by atomic mass is 10.1. The van der Waals surface area contributed by atoms with E-state index in [2.05, 4.69) is 0 Å². The van der Waals surface area contributed by atoms with Gasteiger partial charge in [-0.3, -0.25) is 4.79 Å². The molecule has 3 nitrogen and oxygen atoms in total. The zero-order valence-electron chi connectivity index (χ0n) is 11.3. The second kappa shape index (κ2) is 6.00. The predicted octanol–water partition coefficient (Wildman–Crippen LogP) is 4.08. The monoisotopic (exact) mass is 320 g/mol. The van der Waals surface area contributed by atoms with Crippen LogP contribution in [0.15, 0.2) is 47.4 Å². The van der Waals surface area contributed by atoms with Crippen molar-refractivity contribution in [1.82, 2.24) is 0 Å². The maximum Gasteiger partial charge on any atom is 0.207 e. The molecule has 2 aromatic carbocycles. The minimum absolute atomic E-state index is 0.114. The first-order valence-corrected chi connectivity index (χ1v) is 7.81. The van der Waals surface area contributed by atoms with E-state index in [0.717, 1.165) is 10.6 Å². The van der Waals surface area contributed by atoms with Gasteiger partial charge in [0.15, 0.2) is 6.10 Å². The molecule has 0 saturated carbocycles. The first-order valence-electron chi connectivity index (χ1n) is 6.45. The minimum atomic E-state index is -0.530. The van der Waals surface area contributed by atoms with Crippen molar-refractivity contribution < 1.29 is 14.3 Å². The molecule has 1 aliphatic rings. The molecule has 0 aromatic heterocycles. The Bertz CT molecular complexity index is 687. The van der Waals surface area contributed by atoms with Gasteiger partial charge < -0.3 is 9.47 Å². The number of thioether (sulfide) groups is 1. The first kappa shape index (κ1) is 14.3. The highest BCUT2D eigenvalue weighted by molar-refractivity contribution is 7.99. The number of rotatable bonds is 3. The highest BCUT2D eigenvalue weighted by Crippen LogP contribution is 2.36. The Kier molecular flexibility index (Phi) is 4.08. The molecule has 3 rings (SSSR count). The third kappa shape index (κ3) is 2.87. The van der Waals surface area contributed by atoms with E-state index in [4.69, 9.17) is 21.1 Å². The lowest BCUT2D eigenvalue weighted by molar-refractivity contribution is 0.0812. The van der Waals surface area contributed by atoms with Crippen LogP contribution in [-0.2, 0) is 0 Å². The molecule has 5 heteroatoms. The summed E-state index contributed by atoms with van der Waals surface area (Å²) >= 11 is 7.60. The largest absolute Gasteiger partial charge is 0.496 e. The van der Waals surface area contributed by atoms with E-state index in [-0.39, 0.29) is 5.78 Å². The fourth-order valence-electron chi connectivity index (χ4n) is 2.19. The average molecular weight is 321 g/mol. The number of carbonyl (C=O) groups is 1. The SMILES string of the molecule is COc1ccc(Cl)cc1C(=O)C1CSc2ccccc2O1. The number of ketones is 1. The highest BCUT2D eigenvalue weighted by Gasteiger charge is 2.29. The zero-order valence-corrected chi connectivity index (χ0v) is 12.9. The molecule has 0 aliphatic carbocycles. The number of hydrogen-bond donors (Lipinski definition) is 0. The van der Waals surface area contributed by atoms with Gasteiger partial charge in [0.1, 0.15) is 11.5 Å². The quantitative estimate of drug-likeness (QED) is 0.798.